The van der Waals surface area contributed by atoms with Crippen molar-refractivity contribution in [2.75, 3.05) is 13.0 Å². The number of ether oxygens (including phenoxy) is 1. The molecule has 28 heavy (non-hydrogen) atoms. The van der Waals surface area contributed by atoms with Crippen LogP contribution < -0.4 is 0 Å². The van der Waals surface area contributed by atoms with Crippen LogP contribution in [0.25, 0.3) is 10.9 Å². The van der Waals surface area contributed by atoms with Gasteiger partial charge in [-0.2, -0.15) is 0 Å². The van der Waals surface area contributed by atoms with Crippen LogP contribution in [0.2, 0.25) is 0 Å². The lowest BCUT2D eigenvalue weighted by Crippen LogP contribution is -2.52. The Balaban J connectivity index is 1.96. The van der Waals surface area contributed by atoms with Crippen molar-refractivity contribution in [2.45, 2.75) is 31.8 Å². The number of halogens is 1. The fourth-order valence-corrected chi connectivity index (χ4v) is 4.15. The van der Waals surface area contributed by atoms with Crippen molar-refractivity contribution >= 4 is 34.4 Å². The Morgan fingerprint density at radius 1 is 1.29 bits per heavy atom. The van der Waals surface area contributed by atoms with E-state index in [4.69, 9.17) is 20.8 Å². The maximum atomic E-state index is 12.8. The first-order chi connectivity index (χ1) is 13.6. The number of esters is 1. The van der Waals surface area contributed by atoms with Crippen LogP contribution >= 0.6 is 11.6 Å². The number of hydrogen-bond donors (Lipinski definition) is 1. The van der Waals surface area contributed by atoms with Gasteiger partial charge in [-0.3, -0.25) is 4.79 Å². The summed E-state index contributed by atoms with van der Waals surface area (Å²) in [5.41, 5.74) is 2.78. The van der Waals surface area contributed by atoms with Crippen LogP contribution in [-0.4, -0.2) is 40.8 Å². The Morgan fingerprint density at radius 3 is 2.75 bits per heavy atom. The Labute approximate surface area is 167 Å². The molecule has 3 heterocycles. The second-order valence-corrected chi connectivity index (χ2v) is 7.07. The predicted molar refractivity (Wildman–Crippen MR) is 105 cm³/mol. The molecule has 1 aromatic carbocycles. The molecule has 0 aliphatic carbocycles. The second kappa shape index (κ2) is 7.36. The van der Waals surface area contributed by atoms with E-state index in [-0.39, 0.29) is 11.8 Å². The minimum Gasteiger partial charge on any atom is -0.467 e. The van der Waals surface area contributed by atoms with Crippen LogP contribution in [0.4, 0.5) is 0 Å². The van der Waals surface area contributed by atoms with Crippen LogP contribution in [-0.2, 0) is 27.2 Å². The summed E-state index contributed by atoms with van der Waals surface area (Å²) < 4.78 is 11.0. The molecular weight excluding hydrogens is 380 g/mol. The fourth-order valence-electron chi connectivity index (χ4n) is 4.02. The monoisotopic (exact) mass is 400 g/mol. The highest BCUT2D eigenvalue weighted by molar-refractivity contribution is 6.27. The number of aromatic amines is 1. The third-order valence-electron chi connectivity index (χ3n) is 5.31. The number of H-pyrrole nitrogens is 1. The summed E-state index contributed by atoms with van der Waals surface area (Å²) in [6, 6.07) is 10.3. The van der Waals surface area contributed by atoms with Gasteiger partial charge < -0.3 is 19.0 Å². The number of aromatic nitrogens is 1. The number of nitrogens with one attached hydrogen (secondary N) is 1. The van der Waals surface area contributed by atoms with Crippen LogP contribution in [0.5, 0.6) is 0 Å². The van der Waals surface area contributed by atoms with E-state index in [9.17, 15) is 9.59 Å². The van der Waals surface area contributed by atoms with Crippen molar-refractivity contribution in [3.8, 4) is 0 Å². The molecular formula is C21H21ClN2O4. The van der Waals surface area contributed by atoms with Crippen molar-refractivity contribution in [2.24, 2.45) is 0 Å². The lowest BCUT2D eigenvalue weighted by atomic mass is 9.90. The third kappa shape index (κ3) is 2.88. The Bertz CT molecular complexity index is 1040. The molecule has 0 saturated heterocycles. The summed E-state index contributed by atoms with van der Waals surface area (Å²) in [5, 5.41) is 1.02. The van der Waals surface area contributed by atoms with E-state index in [1.165, 1.54) is 12.0 Å². The maximum Gasteiger partial charge on any atom is 0.328 e. The molecule has 0 radical (unpaired) electrons. The van der Waals surface area contributed by atoms with Crippen molar-refractivity contribution in [3.05, 3.63) is 59.2 Å². The van der Waals surface area contributed by atoms with Gasteiger partial charge in [0.1, 0.15) is 29.5 Å². The number of methoxy groups -OCH3 is 1. The van der Waals surface area contributed by atoms with Gasteiger partial charge in [0.05, 0.1) is 12.8 Å². The van der Waals surface area contributed by atoms with Crippen LogP contribution in [0, 0.1) is 0 Å². The first-order valence-electron chi connectivity index (χ1n) is 9.22. The average Bonchev–Trinajstić information content (AvgIpc) is 3.35. The normalized spacial score (nSPS) is 18.9. The Hall–Kier alpha value is -2.73. The van der Waals surface area contributed by atoms with Gasteiger partial charge >= 0.3 is 5.97 Å². The van der Waals surface area contributed by atoms with Crippen molar-refractivity contribution < 1.29 is 18.7 Å². The molecule has 2 unspecified atom stereocenters. The Kier molecular flexibility index (Phi) is 4.89. The van der Waals surface area contributed by atoms with Crippen molar-refractivity contribution in [1.29, 1.82) is 0 Å². The van der Waals surface area contributed by atoms with Crippen LogP contribution in [0.15, 0.2) is 40.8 Å². The van der Waals surface area contributed by atoms with E-state index in [0.29, 0.717) is 12.2 Å². The second-order valence-electron chi connectivity index (χ2n) is 6.80. The number of carbonyl (C=O) groups is 2. The largest absolute Gasteiger partial charge is 0.467 e. The van der Waals surface area contributed by atoms with Gasteiger partial charge in [0.15, 0.2) is 0 Å². The molecule has 1 aliphatic heterocycles. The van der Waals surface area contributed by atoms with E-state index in [0.717, 1.165) is 34.3 Å². The number of hydrogen-bond acceptors (Lipinski definition) is 4. The molecule has 3 aromatic rings. The van der Waals surface area contributed by atoms with E-state index >= 15 is 0 Å². The van der Waals surface area contributed by atoms with Crippen LogP contribution in [0.1, 0.15) is 35.7 Å². The average molecular weight is 401 g/mol. The molecule has 7 heteroatoms. The first-order valence-corrected chi connectivity index (χ1v) is 9.75. The zero-order chi connectivity index (χ0) is 19.8. The number of alkyl halides is 1. The van der Waals surface area contributed by atoms with E-state index in [2.05, 4.69) is 4.98 Å². The lowest BCUT2D eigenvalue weighted by molar-refractivity contribution is -0.154. The topological polar surface area (TPSA) is 75.5 Å². The molecule has 146 valence electrons. The number of carbonyl (C=O) groups excluding carboxylic acids is 2. The molecule has 0 spiro atoms. The minimum absolute atomic E-state index is 0.235. The van der Waals surface area contributed by atoms with Crippen molar-refractivity contribution in [3.63, 3.8) is 0 Å². The highest BCUT2D eigenvalue weighted by Gasteiger charge is 2.45. The number of aryl methyl sites for hydroxylation is 1. The highest BCUT2D eigenvalue weighted by atomic mass is 35.5. The van der Waals surface area contributed by atoms with E-state index < -0.39 is 18.1 Å². The molecule has 0 saturated carbocycles. The summed E-state index contributed by atoms with van der Waals surface area (Å²) in [4.78, 5) is 30.3. The van der Waals surface area contributed by atoms with E-state index in [1.807, 2.05) is 43.3 Å². The molecule has 0 fully saturated rings. The number of nitrogens with zero attached hydrogens (tertiary/aromatic N) is 1. The SMILES string of the molecule is CCc1ccc(C2c3[nH]c4ccccc4c3CC(C(=O)OC)N2C(=O)CCl)o1. The quantitative estimate of drug-likeness (QED) is 0.536. The highest BCUT2D eigenvalue weighted by Crippen LogP contribution is 2.41. The molecule has 0 bridgehead atoms. The summed E-state index contributed by atoms with van der Waals surface area (Å²) in [7, 11) is 1.33. The molecule has 2 atom stereocenters. The number of rotatable bonds is 4. The molecule has 1 aliphatic rings. The summed E-state index contributed by atoms with van der Waals surface area (Å²) in [5.74, 6) is 0.353. The van der Waals surface area contributed by atoms with Gasteiger partial charge in [-0.1, -0.05) is 25.1 Å². The third-order valence-corrected chi connectivity index (χ3v) is 5.54. The van der Waals surface area contributed by atoms with E-state index in [1.54, 1.807) is 0 Å². The molecule has 2 aromatic heterocycles. The Morgan fingerprint density at radius 2 is 2.07 bits per heavy atom. The lowest BCUT2D eigenvalue weighted by Gasteiger charge is -2.39. The smallest absolute Gasteiger partial charge is 0.328 e. The molecule has 6 nitrogen and oxygen atoms in total. The number of benzene rings is 1. The first kappa shape index (κ1) is 18.6. The van der Waals surface area contributed by atoms with Gasteiger partial charge in [0.25, 0.3) is 0 Å². The van der Waals surface area contributed by atoms with Gasteiger partial charge in [0, 0.05) is 23.7 Å². The van der Waals surface area contributed by atoms with Crippen LogP contribution in [0.3, 0.4) is 0 Å². The predicted octanol–water partition coefficient (Wildman–Crippen LogP) is 3.58. The standard InChI is InChI=1S/C21H21ClN2O4/c1-3-12-8-9-17(28-12)20-19-14(13-6-4-5-7-15(13)23-19)10-16(21(26)27-2)24(20)18(25)11-22/h4-9,16,20,23H,3,10-11H2,1-2H3. The number of furan rings is 1. The minimum atomic E-state index is -0.775. The van der Waals surface area contributed by atoms with Gasteiger partial charge in [0.2, 0.25) is 5.91 Å². The summed E-state index contributed by atoms with van der Waals surface area (Å²) in [6.45, 7) is 2.00. The van der Waals surface area contributed by atoms with Gasteiger partial charge in [-0.05, 0) is 23.8 Å². The van der Waals surface area contributed by atoms with Gasteiger partial charge in [-0.25, -0.2) is 4.79 Å². The molecule has 1 N–H and O–H groups in total. The van der Waals surface area contributed by atoms with Crippen molar-refractivity contribution in [1.82, 2.24) is 9.88 Å². The molecule has 4 rings (SSSR count). The zero-order valence-corrected chi connectivity index (χ0v) is 16.5. The fraction of sp³-hybridized carbons (Fsp3) is 0.333. The van der Waals surface area contributed by atoms with Gasteiger partial charge in [-0.15, -0.1) is 11.6 Å². The zero-order valence-electron chi connectivity index (χ0n) is 15.7. The maximum absolute atomic E-state index is 12.8. The number of fused-ring (bicyclic) bond motifs is 3. The number of amides is 1. The molecule has 1 amide bonds. The number of para-hydroxylation sites is 1. The summed E-state index contributed by atoms with van der Waals surface area (Å²) in [6.07, 6.45) is 1.09. The summed E-state index contributed by atoms with van der Waals surface area (Å²) >= 11 is 5.91.